The maximum atomic E-state index is 10.9. The average Bonchev–Trinajstić information content (AvgIpc) is 2.50. The summed E-state index contributed by atoms with van der Waals surface area (Å²) in [6, 6.07) is 8.23. The molecule has 4 nitrogen and oxygen atoms in total. The molecule has 0 bridgehead atoms. The monoisotopic (exact) mass is 383 g/mol. The van der Waals surface area contributed by atoms with Gasteiger partial charge in [-0.1, -0.05) is 47.5 Å². The van der Waals surface area contributed by atoms with Crippen LogP contribution in [0.3, 0.4) is 0 Å². The number of nitro groups is 1. The smallest absolute Gasteiger partial charge is 0.270 e. The summed E-state index contributed by atoms with van der Waals surface area (Å²) >= 11 is 14.4. The second-order valence-corrected chi connectivity index (χ2v) is 7.50. The Kier molecular flexibility index (Phi) is 5.23. The Labute approximate surface area is 154 Å². The quantitative estimate of drug-likeness (QED) is 0.447. The fraction of sp³-hybridized carbons (Fsp3) is 0.294. The maximum absolute atomic E-state index is 10.9. The van der Waals surface area contributed by atoms with Crippen LogP contribution in [-0.2, 0) is 0 Å². The van der Waals surface area contributed by atoms with Crippen molar-refractivity contribution in [3.05, 3.63) is 56.1 Å². The zero-order chi connectivity index (χ0) is 17.3. The van der Waals surface area contributed by atoms with Crippen LogP contribution < -0.4 is 4.74 Å². The molecule has 0 saturated heterocycles. The molecule has 1 fully saturated rings. The first-order chi connectivity index (χ1) is 11.5. The molecule has 1 saturated carbocycles. The molecule has 0 aromatic heterocycles. The van der Waals surface area contributed by atoms with Crippen molar-refractivity contribution in [2.45, 2.75) is 35.0 Å². The van der Waals surface area contributed by atoms with E-state index < -0.39 is 4.92 Å². The Morgan fingerprint density at radius 1 is 1.29 bits per heavy atom. The van der Waals surface area contributed by atoms with E-state index in [1.165, 1.54) is 30.3 Å². The molecule has 0 spiro atoms. The van der Waals surface area contributed by atoms with Crippen molar-refractivity contribution < 1.29 is 9.66 Å². The second-order valence-electron chi connectivity index (χ2n) is 5.60. The van der Waals surface area contributed by atoms with Gasteiger partial charge in [0.05, 0.1) is 22.1 Å². The van der Waals surface area contributed by atoms with Crippen molar-refractivity contribution in [2.75, 3.05) is 7.11 Å². The van der Waals surface area contributed by atoms with Crippen LogP contribution in [0.4, 0.5) is 5.69 Å². The van der Waals surface area contributed by atoms with Gasteiger partial charge in [-0.2, -0.15) is 0 Å². The molecule has 1 aliphatic rings. The predicted molar refractivity (Wildman–Crippen MR) is 96.8 cm³/mol. The van der Waals surface area contributed by atoms with Gasteiger partial charge >= 0.3 is 0 Å². The molecule has 0 N–H and O–H groups in total. The van der Waals surface area contributed by atoms with Crippen LogP contribution in [0.2, 0.25) is 10.0 Å². The third-order valence-electron chi connectivity index (χ3n) is 4.15. The molecule has 0 atom stereocenters. The minimum atomic E-state index is -0.410. The first-order valence-electron chi connectivity index (χ1n) is 7.49. The first kappa shape index (κ1) is 17.4. The van der Waals surface area contributed by atoms with Gasteiger partial charge in [-0.25, -0.2) is 0 Å². The molecule has 126 valence electrons. The van der Waals surface area contributed by atoms with Crippen molar-refractivity contribution in [1.29, 1.82) is 0 Å². The minimum Gasteiger partial charge on any atom is -0.495 e. The van der Waals surface area contributed by atoms with Crippen LogP contribution in [0.5, 0.6) is 5.75 Å². The summed E-state index contributed by atoms with van der Waals surface area (Å²) in [6.07, 6.45) is 3.30. The van der Waals surface area contributed by atoms with Crippen LogP contribution in [0.15, 0.2) is 40.1 Å². The van der Waals surface area contributed by atoms with E-state index in [0.29, 0.717) is 21.7 Å². The highest BCUT2D eigenvalue weighted by molar-refractivity contribution is 7.99. The number of halogens is 2. The summed E-state index contributed by atoms with van der Waals surface area (Å²) in [5.41, 5.74) is 1.00. The lowest BCUT2D eigenvalue weighted by Gasteiger charge is -2.29. The second kappa shape index (κ2) is 7.21. The fourth-order valence-corrected chi connectivity index (χ4v) is 4.46. The van der Waals surface area contributed by atoms with Crippen molar-refractivity contribution >= 4 is 40.7 Å². The lowest BCUT2D eigenvalue weighted by Crippen LogP contribution is -2.11. The van der Waals surface area contributed by atoms with Crippen LogP contribution in [0.25, 0.3) is 0 Å². The van der Waals surface area contributed by atoms with Crippen molar-refractivity contribution in [3.63, 3.8) is 0 Å². The standard InChI is InChI=1S/C17H15Cl2NO3S/c1-23-17-13(18)9-14(16(19)15(17)10-4-2-5-10)24-12-7-3-6-11(8-12)20(21)22/h3,6-10H,2,4-5H2,1H3. The van der Waals surface area contributed by atoms with Crippen LogP contribution >= 0.6 is 35.0 Å². The summed E-state index contributed by atoms with van der Waals surface area (Å²) in [4.78, 5) is 12.0. The van der Waals surface area contributed by atoms with E-state index >= 15 is 0 Å². The number of benzene rings is 2. The molecule has 24 heavy (non-hydrogen) atoms. The van der Waals surface area contributed by atoms with Gasteiger partial charge in [0.1, 0.15) is 5.75 Å². The molecule has 0 aliphatic heterocycles. The fourth-order valence-electron chi connectivity index (χ4n) is 2.74. The van der Waals surface area contributed by atoms with Crippen molar-refractivity contribution in [2.24, 2.45) is 0 Å². The molecule has 2 aromatic rings. The SMILES string of the molecule is COc1c(Cl)cc(Sc2cccc([N+](=O)[O-])c2)c(Cl)c1C1CCC1. The molecule has 0 amide bonds. The Balaban J connectivity index is 2.00. The number of methoxy groups -OCH3 is 1. The molecule has 0 heterocycles. The number of non-ortho nitro benzene ring substituents is 1. The number of hydrogen-bond acceptors (Lipinski definition) is 4. The Hall–Kier alpha value is -1.43. The van der Waals surface area contributed by atoms with Crippen LogP contribution in [-0.4, -0.2) is 12.0 Å². The number of ether oxygens (including phenoxy) is 1. The summed E-state index contributed by atoms with van der Waals surface area (Å²) in [7, 11) is 1.59. The van der Waals surface area contributed by atoms with Crippen LogP contribution in [0, 0.1) is 10.1 Å². The van der Waals surface area contributed by atoms with Gasteiger partial charge in [0.15, 0.2) is 0 Å². The predicted octanol–water partition coefficient (Wildman–Crippen LogP) is 6.33. The highest BCUT2D eigenvalue weighted by atomic mass is 35.5. The minimum absolute atomic E-state index is 0.0509. The van der Waals surface area contributed by atoms with Crippen molar-refractivity contribution in [3.8, 4) is 5.75 Å². The molecular weight excluding hydrogens is 369 g/mol. The Morgan fingerprint density at radius 3 is 2.62 bits per heavy atom. The third-order valence-corrected chi connectivity index (χ3v) is 5.98. The summed E-state index contributed by atoms with van der Waals surface area (Å²) < 4.78 is 5.45. The summed E-state index contributed by atoms with van der Waals surface area (Å²) in [6.45, 7) is 0. The van der Waals surface area contributed by atoms with E-state index in [1.54, 1.807) is 19.2 Å². The van der Waals surface area contributed by atoms with Gasteiger partial charge in [-0.3, -0.25) is 10.1 Å². The number of rotatable bonds is 5. The van der Waals surface area contributed by atoms with E-state index in [9.17, 15) is 10.1 Å². The zero-order valence-corrected chi connectivity index (χ0v) is 15.2. The summed E-state index contributed by atoms with van der Waals surface area (Å²) in [5.74, 6) is 0.991. The van der Waals surface area contributed by atoms with Crippen LogP contribution in [0.1, 0.15) is 30.7 Å². The van der Waals surface area contributed by atoms with Gasteiger partial charge in [0, 0.05) is 27.5 Å². The van der Waals surface area contributed by atoms with E-state index in [4.69, 9.17) is 27.9 Å². The normalized spacial score (nSPS) is 14.3. The van der Waals surface area contributed by atoms with Gasteiger partial charge in [0.2, 0.25) is 0 Å². The Bertz CT molecular complexity index is 794. The molecule has 3 rings (SSSR count). The molecule has 7 heteroatoms. The lowest BCUT2D eigenvalue weighted by atomic mass is 9.79. The number of nitro benzene ring substituents is 1. The molecular formula is C17H15Cl2NO3S. The van der Waals surface area contributed by atoms with Crippen molar-refractivity contribution in [1.82, 2.24) is 0 Å². The van der Waals surface area contributed by atoms with Gasteiger partial charge in [0.25, 0.3) is 5.69 Å². The highest BCUT2D eigenvalue weighted by Gasteiger charge is 2.28. The van der Waals surface area contributed by atoms with E-state index in [2.05, 4.69) is 0 Å². The summed E-state index contributed by atoms with van der Waals surface area (Å²) in [5, 5.41) is 12.1. The maximum Gasteiger partial charge on any atom is 0.270 e. The molecule has 0 radical (unpaired) electrons. The van der Waals surface area contributed by atoms with Gasteiger partial charge < -0.3 is 4.74 Å². The molecule has 1 aliphatic carbocycles. The largest absolute Gasteiger partial charge is 0.495 e. The van der Waals surface area contributed by atoms with E-state index in [0.717, 1.165) is 28.2 Å². The molecule has 2 aromatic carbocycles. The lowest BCUT2D eigenvalue weighted by molar-refractivity contribution is -0.385. The average molecular weight is 384 g/mol. The highest BCUT2D eigenvalue weighted by Crippen LogP contribution is 2.50. The first-order valence-corrected chi connectivity index (χ1v) is 9.06. The topological polar surface area (TPSA) is 52.4 Å². The number of hydrogen-bond donors (Lipinski definition) is 0. The van der Waals surface area contributed by atoms with E-state index in [-0.39, 0.29) is 5.69 Å². The third kappa shape index (κ3) is 3.34. The Morgan fingerprint density at radius 2 is 2.04 bits per heavy atom. The zero-order valence-electron chi connectivity index (χ0n) is 12.9. The number of nitrogens with zero attached hydrogens (tertiary/aromatic N) is 1. The van der Waals surface area contributed by atoms with Gasteiger partial charge in [-0.15, -0.1) is 0 Å². The van der Waals surface area contributed by atoms with Gasteiger partial charge in [-0.05, 0) is 30.9 Å². The molecule has 0 unspecified atom stereocenters. The van der Waals surface area contributed by atoms with E-state index in [1.807, 2.05) is 6.07 Å².